The molecule has 0 radical (unpaired) electrons. The lowest BCUT2D eigenvalue weighted by Crippen LogP contribution is -2.41. The molecular weight excluding hydrogens is 412 g/mol. The molecule has 0 spiro atoms. The first-order valence-electron chi connectivity index (χ1n) is 9.17. The Kier molecular flexibility index (Phi) is 5.24. The molecule has 1 aliphatic rings. The van der Waals surface area contributed by atoms with Gasteiger partial charge in [-0.1, -0.05) is 11.3 Å². The number of anilines is 1. The summed E-state index contributed by atoms with van der Waals surface area (Å²) in [6.45, 7) is 0.549. The molecule has 1 N–H and O–H groups in total. The summed E-state index contributed by atoms with van der Waals surface area (Å²) in [5, 5.41) is 2.82. The molecule has 1 aromatic carbocycles. The van der Waals surface area contributed by atoms with E-state index in [9.17, 15) is 18.0 Å². The van der Waals surface area contributed by atoms with Gasteiger partial charge in [0, 0.05) is 32.3 Å². The van der Waals surface area contributed by atoms with Crippen LogP contribution in [0, 0.1) is 5.92 Å². The number of benzene rings is 1. The quantitative estimate of drug-likeness (QED) is 0.680. The summed E-state index contributed by atoms with van der Waals surface area (Å²) in [6.07, 6.45) is 4.11. The van der Waals surface area contributed by atoms with Crippen LogP contribution in [0.4, 0.5) is 5.69 Å². The summed E-state index contributed by atoms with van der Waals surface area (Å²) < 4.78 is 29.6. The van der Waals surface area contributed by atoms with E-state index in [1.54, 1.807) is 43.7 Å². The maximum atomic E-state index is 13.0. The summed E-state index contributed by atoms with van der Waals surface area (Å²) in [5.74, 6) is -0.367. The van der Waals surface area contributed by atoms with Crippen LogP contribution in [-0.2, 0) is 21.9 Å². The lowest BCUT2D eigenvalue weighted by molar-refractivity contribution is -0.120. The first-order chi connectivity index (χ1) is 13.9. The van der Waals surface area contributed by atoms with Crippen molar-refractivity contribution in [1.82, 2.24) is 13.9 Å². The van der Waals surface area contributed by atoms with E-state index in [2.05, 4.69) is 10.3 Å². The van der Waals surface area contributed by atoms with Gasteiger partial charge in [-0.2, -0.15) is 4.31 Å². The van der Waals surface area contributed by atoms with E-state index in [0.717, 1.165) is 11.3 Å². The molecule has 1 aliphatic heterocycles. The minimum absolute atomic E-state index is 0.120. The molecule has 1 amide bonds. The number of amides is 1. The predicted octanol–water partition coefficient (Wildman–Crippen LogP) is 2.03. The van der Waals surface area contributed by atoms with Crippen molar-refractivity contribution in [3.63, 3.8) is 0 Å². The van der Waals surface area contributed by atoms with E-state index in [1.165, 1.54) is 14.9 Å². The second-order valence-corrected chi connectivity index (χ2v) is 9.90. The third-order valence-corrected chi connectivity index (χ3v) is 8.05. The maximum absolute atomic E-state index is 13.0. The Morgan fingerprint density at radius 3 is 2.69 bits per heavy atom. The number of hydrogen-bond donors (Lipinski definition) is 1. The normalized spacial score (nSPS) is 16.2. The number of piperidine rings is 1. The van der Waals surface area contributed by atoms with Crippen LogP contribution in [0.5, 0.6) is 0 Å². The van der Waals surface area contributed by atoms with Gasteiger partial charge in [0.05, 0.1) is 27.0 Å². The van der Waals surface area contributed by atoms with Crippen molar-refractivity contribution in [2.45, 2.75) is 17.7 Å². The molecule has 1 saturated heterocycles. The number of fused-ring (bicyclic) bond motifs is 1. The molecule has 0 unspecified atom stereocenters. The van der Waals surface area contributed by atoms with Crippen LogP contribution in [0.15, 0.2) is 52.4 Å². The van der Waals surface area contributed by atoms with Crippen molar-refractivity contribution < 1.29 is 13.2 Å². The monoisotopic (exact) mass is 432 g/mol. The van der Waals surface area contributed by atoms with E-state index in [1.807, 2.05) is 0 Å². The molecule has 152 valence electrons. The Bertz CT molecular complexity index is 1210. The van der Waals surface area contributed by atoms with Crippen LogP contribution in [0.2, 0.25) is 0 Å². The third kappa shape index (κ3) is 3.83. The fourth-order valence-corrected chi connectivity index (χ4v) is 5.95. The zero-order chi connectivity index (χ0) is 20.6. The molecule has 2 aromatic heterocycles. The van der Waals surface area contributed by atoms with Gasteiger partial charge < -0.3 is 9.88 Å². The Morgan fingerprint density at radius 2 is 2.00 bits per heavy atom. The van der Waals surface area contributed by atoms with E-state index < -0.39 is 10.0 Å². The van der Waals surface area contributed by atoms with Crippen molar-refractivity contribution in [2.75, 3.05) is 18.4 Å². The number of thiazole rings is 1. The summed E-state index contributed by atoms with van der Waals surface area (Å²) >= 11 is 1.03. The summed E-state index contributed by atoms with van der Waals surface area (Å²) in [7, 11) is -2.01. The van der Waals surface area contributed by atoms with Gasteiger partial charge in [0.15, 0.2) is 0 Å². The fraction of sp³-hybridized carbons (Fsp3) is 0.316. The summed E-state index contributed by atoms with van der Waals surface area (Å²) in [5.41, 5.74) is 1.34. The number of pyridine rings is 1. The Morgan fingerprint density at radius 1 is 1.24 bits per heavy atom. The fourth-order valence-electron chi connectivity index (χ4n) is 3.46. The standard InChI is InChI=1S/C19H20N4O4S2/c1-22-16-5-4-15(11-17(16)28-19(22)25)29(26,27)23-9-6-13(7-10-23)18(24)21-14-3-2-8-20-12-14/h2-5,8,11-13H,6-7,9-10H2,1H3,(H,21,24). The van der Waals surface area contributed by atoms with Gasteiger partial charge in [-0.3, -0.25) is 14.6 Å². The second-order valence-electron chi connectivity index (χ2n) is 6.97. The van der Waals surface area contributed by atoms with Gasteiger partial charge in [-0.25, -0.2) is 8.42 Å². The van der Waals surface area contributed by atoms with Crippen LogP contribution >= 0.6 is 11.3 Å². The molecule has 0 aliphatic carbocycles. The van der Waals surface area contributed by atoms with Crippen molar-refractivity contribution in [1.29, 1.82) is 0 Å². The number of sulfonamides is 1. The Labute approximate surface area is 171 Å². The topological polar surface area (TPSA) is 101 Å². The lowest BCUT2D eigenvalue weighted by atomic mass is 9.97. The van der Waals surface area contributed by atoms with E-state index in [4.69, 9.17) is 0 Å². The highest BCUT2D eigenvalue weighted by Gasteiger charge is 2.32. The van der Waals surface area contributed by atoms with Crippen molar-refractivity contribution >= 4 is 43.2 Å². The Hall–Kier alpha value is -2.56. The first-order valence-corrected chi connectivity index (χ1v) is 11.4. The van der Waals surface area contributed by atoms with Gasteiger partial charge >= 0.3 is 4.87 Å². The average Bonchev–Trinajstić information content (AvgIpc) is 3.02. The highest BCUT2D eigenvalue weighted by atomic mass is 32.2. The number of rotatable bonds is 4. The molecule has 10 heteroatoms. The SMILES string of the molecule is Cn1c(=O)sc2cc(S(=O)(=O)N3CCC(C(=O)Nc4cccnc4)CC3)ccc21. The van der Waals surface area contributed by atoms with Crippen molar-refractivity contribution in [2.24, 2.45) is 13.0 Å². The third-order valence-electron chi connectivity index (χ3n) is 5.16. The van der Waals surface area contributed by atoms with E-state index >= 15 is 0 Å². The molecule has 1 fully saturated rings. The zero-order valence-corrected chi connectivity index (χ0v) is 17.4. The molecule has 0 bridgehead atoms. The minimum atomic E-state index is -3.68. The van der Waals surface area contributed by atoms with Crippen molar-refractivity contribution in [3.8, 4) is 0 Å². The minimum Gasteiger partial charge on any atom is -0.324 e. The van der Waals surface area contributed by atoms with Crippen LogP contribution in [0.1, 0.15) is 12.8 Å². The number of carbonyl (C=O) groups is 1. The number of nitrogens with zero attached hydrogens (tertiary/aromatic N) is 3. The number of carbonyl (C=O) groups excluding carboxylic acids is 1. The van der Waals surface area contributed by atoms with Crippen LogP contribution in [0.25, 0.3) is 10.2 Å². The Balaban J connectivity index is 1.46. The molecular formula is C19H20N4O4S2. The number of aryl methyl sites for hydroxylation is 1. The highest BCUT2D eigenvalue weighted by Crippen LogP contribution is 2.27. The molecule has 0 saturated carbocycles. The van der Waals surface area contributed by atoms with E-state index in [0.29, 0.717) is 28.7 Å². The lowest BCUT2D eigenvalue weighted by Gasteiger charge is -2.30. The molecule has 3 aromatic rings. The highest BCUT2D eigenvalue weighted by molar-refractivity contribution is 7.89. The van der Waals surface area contributed by atoms with Gasteiger partial charge in [0.25, 0.3) is 0 Å². The maximum Gasteiger partial charge on any atom is 0.307 e. The van der Waals surface area contributed by atoms with Gasteiger partial charge in [-0.05, 0) is 43.2 Å². The van der Waals surface area contributed by atoms with Crippen LogP contribution in [-0.4, -0.2) is 41.3 Å². The first kappa shape index (κ1) is 19.7. The molecule has 4 rings (SSSR count). The summed E-state index contributed by atoms with van der Waals surface area (Å²) in [4.78, 5) is 28.3. The zero-order valence-electron chi connectivity index (χ0n) is 15.7. The number of aromatic nitrogens is 2. The number of hydrogen-bond acceptors (Lipinski definition) is 6. The smallest absolute Gasteiger partial charge is 0.307 e. The van der Waals surface area contributed by atoms with Crippen molar-refractivity contribution in [3.05, 3.63) is 52.4 Å². The van der Waals surface area contributed by atoms with Gasteiger partial charge in [0.1, 0.15) is 0 Å². The number of nitrogens with one attached hydrogen (secondary N) is 1. The van der Waals surface area contributed by atoms with Crippen LogP contribution in [0.3, 0.4) is 0 Å². The molecule has 8 nitrogen and oxygen atoms in total. The predicted molar refractivity (Wildman–Crippen MR) is 111 cm³/mol. The molecule has 3 heterocycles. The average molecular weight is 433 g/mol. The van der Waals surface area contributed by atoms with Gasteiger partial charge in [-0.15, -0.1) is 0 Å². The summed E-state index contributed by atoms with van der Waals surface area (Å²) in [6, 6.07) is 8.25. The molecule has 0 atom stereocenters. The largest absolute Gasteiger partial charge is 0.324 e. The van der Waals surface area contributed by atoms with E-state index in [-0.39, 0.29) is 34.7 Å². The van der Waals surface area contributed by atoms with Crippen LogP contribution < -0.4 is 10.2 Å². The second kappa shape index (κ2) is 7.69. The molecule has 29 heavy (non-hydrogen) atoms. The van der Waals surface area contributed by atoms with Gasteiger partial charge in [0.2, 0.25) is 15.9 Å².